The van der Waals surface area contributed by atoms with Crippen LogP contribution in [0.25, 0.3) is 0 Å². The molecule has 0 saturated heterocycles. The number of amides is 1. The minimum absolute atomic E-state index is 0.00778. The molecule has 32 heavy (non-hydrogen) atoms. The Morgan fingerprint density at radius 2 is 1.31 bits per heavy atom. The van der Waals surface area contributed by atoms with Crippen LogP contribution in [0.3, 0.4) is 0 Å². The van der Waals surface area contributed by atoms with Gasteiger partial charge in [-0.1, -0.05) is 34.8 Å². The number of carbonyl (C=O) groups excluding carboxylic acids is 1. The number of rotatable bonds is 6. The number of anilines is 2. The zero-order valence-electron chi connectivity index (χ0n) is 16.3. The number of halogens is 3. The van der Waals surface area contributed by atoms with E-state index in [1.165, 1.54) is 60.7 Å². The van der Waals surface area contributed by atoms with Gasteiger partial charge in [-0.2, -0.15) is 0 Å². The molecule has 0 saturated carbocycles. The summed E-state index contributed by atoms with van der Waals surface area (Å²) < 4.78 is 51.1. The highest BCUT2D eigenvalue weighted by Crippen LogP contribution is 2.29. The van der Waals surface area contributed by atoms with E-state index < -0.39 is 25.8 Å². The highest BCUT2D eigenvalue weighted by atomic mass is 35.5. The lowest BCUT2D eigenvalue weighted by Gasteiger charge is -2.14. The van der Waals surface area contributed by atoms with Crippen molar-refractivity contribution in [2.24, 2.45) is 0 Å². The minimum atomic E-state index is -4.03. The van der Waals surface area contributed by atoms with Crippen LogP contribution in [0.5, 0.6) is 0 Å². The van der Waals surface area contributed by atoms with Crippen LogP contribution in [-0.2, 0) is 19.9 Å². The summed E-state index contributed by atoms with van der Waals surface area (Å²) in [7, 11) is -7.51. The standard InChI is InChI=1S/C20H15Cl3N2O5S2/c1-31(27,28)15-7-9-19(17(23)11-15)24-20(26)16-10-13(22)4-8-18(16)25-32(29,30)14-5-2-12(21)3-6-14/h2-11,25H,1H3,(H,24,26). The van der Waals surface area contributed by atoms with Crippen LogP contribution in [0.2, 0.25) is 15.1 Å². The normalized spacial score (nSPS) is 11.8. The van der Waals surface area contributed by atoms with Gasteiger partial charge in [0.1, 0.15) is 0 Å². The van der Waals surface area contributed by atoms with Gasteiger partial charge in [-0.05, 0) is 60.7 Å². The highest BCUT2D eigenvalue weighted by Gasteiger charge is 2.20. The Bertz CT molecular complexity index is 1410. The Kier molecular flexibility index (Phi) is 7.06. The number of nitrogens with one attached hydrogen (secondary N) is 2. The van der Waals surface area contributed by atoms with Crippen LogP contribution >= 0.6 is 34.8 Å². The molecule has 12 heteroatoms. The molecule has 0 aliphatic carbocycles. The number of benzene rings is 3. The molecule has 0 bridgehead atoms. The molecule has 0 fully saturated rings. The van der Waals surface area contributed by atoms with Crippen LogP contribution in [-0.4, -0.2) is 29.0 Å². The molecular weight excluding hydrogens is 519 g/mol. The quantitative estimate of drug-likeness (QED) is 0.458. The van der Waals surface area contributed by atoms with Crippen molar-refractivity contribution in [2.75, 3.05) is 16.3 Å². The minimum Gasteiger partial charge on any atom is -0.321 e. The Hall–Kier alpha value is -2.30. The van der Waals surface area contributed by atoms with Gasteiger partial charge in [0.2, 0.25) is 0 Å². The van der Waals surface area contributed by atoms with Gasteiger partial charge in [0, 0.05) is 16.3 Å². The van der Waals surface area contributed by atoms with Gasteiger partial charge < -0.3 is 5.32 Å². The van der Waals surface area contributed by atoms with Gasteiger partial charge >= 0.3 is 0 Å². The van der Waals surface area contributed by atoms with Crippen molar-refractivity contribution in [1.29, 1.82) is 0 Å². The Balaban J connectivity index is 1.93. The molecule has 7 nitrogen and oxygen atoms in total. The topological polar surface area (TPSA) is 109 Å². The number of hydrogen-bond acceptors (Lipinski definition) is 5. The summed E-state index contributed by atoms with van der Waals surface area (Å²) >= 11 is 17.9. The van der Waals surface area contributed by atoms with Crippen molar-refractivity contribution in [2.45, 2.75) is 9.79 Å². The Labute approximate surface area is 200 Å². The van der Waals surface area contributed by atoms with Crippen molar-refractivity contribution < 1.29 is 21.6 Å². The third-order valence-electron chi connectivity index (χ3n) is 4.21. The summed E-state index contributed by atoms with van der Waals surface area (Å²) in [5, 5.41) is 3.09. The van der Waals surface area contributed by atoms with Gasteiger partial charge in [0.05, 0.1) is 31.8 Å². The lowest BCUT2D eigenvalue weighted by Crippen LogP contribution is -2.19. The fourth-order valence-electron chi connectivity index (χ4n) is 2.63. The van der Waals surface area contributed by atoms with Crippen LogP contribution < -0.4 is 10.0 Å². The predicted molar refractivity (Wildman–Crippen MR) is 126 cm³/mol. The molecule has 0 aromatic heterocycles. The second kappa shape index (κ2) is 9.29. The second-order valence-electron chi connectivity index (χ2n) is 6.62. The summed E-state index contributed by atoms with van der Waals surface area (Å²) in [6.45, 7) is 0. The fourth-order valence-corrected chi connectivity index (χ4v) is 4.95. The van der Waals surface area contributed by atoms with Crippen LogP contribution in [0.15, 0.2) is 70.5 Å². The van der Waals surface area contributed by atoms with Crippen molar-refractivity contribution in [3.8, 4) is 0 Å². The molecule has 1 amide bonds. The van der Waals surface area contributed by atoms with Crippen molar-refractivity contribution >= 4 is 71.9 Å². The molecule has 3 aromatic rings. The first-order valence-corrected chi connectivity index (χ1v) is 13.3. The lowest BCUT2D eigenvalue weighted by molar-refractivity contribution is 0.102. The van der Waals surface area contributed by atoms with Gasteiger partial charge in [0.25, 0.3) is 15.9 Å². The molecule has 2 N–H and O–H groups in total. The molecule has 0 spiro atoms. The zero-order chi connectivity index (χ0) is 23.7. The van der Waals surface area contributed by atoms with Gasteiger partial charge in [-0.25, -0.2) is 16.8 Å². The molecule has 0 aliphatic rings. The smallest absolute Gasteiger partial charge is 0.261 e. The first-order chi connectivity index (χ1) is 14.9. The van der Waals surface area contributed by atoms with E-state index in [9.17, 15) is 21.6 Å². The molecule has 3 rings (SSSR count). The first-order valence-electron chi connectivity index (χ1n) is 8.76. The number of sulfonamides is 1. The van der Waals surface area contributed by atoms with Crippen molar-refractivity contribution in [3.05, 3.63) is 81.3 Å². The zero-order valence-corrected chi connectivity index (χ0v) is 20.2. The van der Waals surface area contributed by atoms with Gasteiger partial charge in [0.15, 0.2) is 9.84 Å². The van der Waals surface area contributed by atoms with Crippen LogP contribution in [0, 0.1) is 0 Å². The molecular formula is C20H15Cl3N2O5S2. The summed E-state index contributed by atoms with van der Waals surface area (Å²) in [6, 6.07) is 13.4. The summed E-state index contributed by atoms with van der Waals surface area (Å²) in [6.07, 6.45) is 1.03. The number of sulfone groups is 1. The van der Waals surface area contributed by atoms with E-state index in [0.717, 1.165) is 6.26 Å². The van der Waals surface area contributed by atoms with E-state index >= 15 is 0 Å². The van der Waals surface area contributed by atoms with E-state index in [4.69, 9.17) is 34.8 Å². The first kappa shape index (κ1) is 24.3. The summed E-state index contributed by atoms with van der Waals surface area (Å²) in [4.78, 5) is 12.8. The highest BCUT2D eigenvalue weighted by molar-refractivity contribution is 7.92. The monoisotopic (exact) mass is 532 g/mol. The van der Waals surface area contributed by atoms with E-state index in [2.05, 4.69) is 10.0 Å². The molecule has 0 atom stereocenters. The third-order valence-corrected chi connectivity index (χ3v) is 7.50. The molecule has 3 aromatic carbocycles. The predicted octanol–water partition coefficient (Wildman–Crippen LogP) is 5.10. The maximum atomic E-state index is 12.9. The SMILES string of the molecule is CS(=O)(=O)c1ccc(NC(=O)c2cc(Cl)ccc2NS(=O)(=O)c2ccc(Cl)cc2)c(Cl)c1. The van der Waals surface area contributed by atoms with Gasteiger partial charge in [-0.15, -0.1) is 0 Å². The van der Waals surface area contributed by atoms with Gasteiger partial charge in [-0.3, -0.25) is 9.52 Å². The largest absolute Gasteiger partial charge is 0.321 e. The molecule has 168 valence electrons. The summed E-state index contributed by atoms with van der Waals surface area (Å²) in [5.41, 5.74) is 0.0413. The Morgan fingerprint density at radius 3 is 1.91 bits per heavy atom. The van der Waals surface area contributed by atoms with E-state index in [0.29, 0.717) is 5.02 Å². The summed E-state index contributed by atoms with van der Waals surface area (Å²) in [5.74, 6) is -0.713. The Morgan fingerprint density at radius 1 is 0.750 bits per heavy atom. The van der Waals surface area contributed by atoms with Crippen molar-refractivity contribution in [1.82, 2.24) is 0 Å². The van der Waals surface area contributed by atoms with Crippen LogP contribution in [0.4, 0.5) is 11.4 Å². The average molecular weight is 534 g/mol. The van der Waals surface area contributed by atoms with E-state index in [-0.39, 0.29) is 36.8 Å². The molecule has 0 heterocycles. The van der Waals surface area contributed by atoms with E-state index in [1.807, 2.05) is 0 Å². The van der Waals surface area contributed by atoms with Crippen molar-refractivity contribution in [3.63, 3.8) is 0 Å². The van der Waals surface area contributed by atoms with E-state index in [1.54, 1.807) is 0 Å². The average Bonchev–Trinajstić information content (AvgIpc) is 2.70. The fraction of sp³-hybridized carbons (Fsp3) is 0.0500. The molecule has 0 unspecified atom stereocenters. The third kappa shape index (κ3) is 5.73. The number of carbonyl (C=O) groups is 1. The van der Waals surface area contributed by atoms with Crippen LogP contribution in [0.1, 0.15) is 10.4 Å². The molecule has 0 aliphatic heterocycles. The second-order valence-corrected chi connectivity index (χ2v) is 11.6. The maximum Gasteiger partial charge on any atom is 0.261 e. The number of hydrogen-bond donors (Lipinski definition) is 2. The maximum absolute atomic E-state index is 12.9. The molecule has 0 radical (unpaired) electrons. The lowest BCUT2D eigenvalue weighted by atomic mass is 10.1.